The van der Waals surface area contributed by atoms with Gasteiger partial charge in [0.15, 0.2) is 4.80 Å². The van der Waals surface area contributed by atoms with Crippen molar-refractivity contribution >= 4 is 46.6 Å². The molecule has 0 fully saturated rings. The van der Waals surface area contributed by atoms with Crippen LogP contribution in [0.15, 0.2) is 63.5 Å². The van der Waals surface area contributed by atoms with Crippen molar-refractivity contribution in [2.24, 2.45) is 4.99 Å². The normalized spacial score (nSPS) is 15.8. The maximum Gasteiger partial charge on any atom is 0.338 e. The molecule has 0 saturated heterocycles. The molecule has 8 heteroatoms. The van der Waals surface area contributed by atoms with Gasteiger partial charge in [-0.15, -0.1) is 0 Å². The van der Waals surface area contributed by atoms with Crippen molar-refractivity contribution < 1.29 is 9.53 Å². The summed E-state index contributed by atoms with van der Waals surface area (Å²) in [4.78, 5) is 32.4. The SMILES string of the molecule is CCCC1=C(C(=O)OCC)[C@H](c2ccc(C(C)C)cc2)n2c(s/c(=C\c3ccc(Cl)cc3Cl)c2=O)=N1. The molecule has 0 unspecified atom stereocenters. The van der Waals surface area contributed by atoms with E-state index in [1.165, 1.54) is 16.9 Å². The van der Waals surface area contributed by atoms with Gasteiger partial charge in [0.25, 0.3) is 5.56 Å². The van der Waals surface area contributed by atoms with E-state index in [2.05, 4.69) is 13.8 Å². The third kappa shape index (κ3) is 5.22. The van der Waals surface area contributed by atoms with Crippen LogP contribution in [-0.4, -0.2) is 17.1 Å². The summed E-state index contributed by atoms with van der Waals surface area (Å²) in [5.41, 5.74) is 3.54. The molecule has 0 radical (unpaired) electrons. The lowest BCUT2D eigenvalue weighted by Gasteiger charge is -2.26. The van der Waals surface area contributed by atoms with Crippen molar-refractivity contribution in [3.8, 4) is 0 Å². The molecule has 4 rings (SSSR count). The fraction of sp³-hybridized carbons (Fsp3) is 0.321. The molecule has 1 aliphatic heterocycles. The number of aromatic nitrogens is 1. The van der Waals surface area contributed by atoms with Crippen molar-refractivity contribution in [1.82, 2.24) is 4.57 Å². The molecule has 0 spiro atoms. The van der Waals surface area contributed by atoms with Gasteiger partial charge in [0, 0.05) is 10.0 Å². The molecule has 5 nitrogen and oxygen atoms in total. The van der Waals surface area contributed by atoms with Crippen LogP contribution in [-0.2, 0) is 9.53 Å². The number of thiazole rings is 1. The number of carbonyl (C=O) groups is 1. The highest BCUT2D eigenvalue weighted by atomic mass is 35.5. The molecule has 0 saturated carbocycles. The van der Waals surface area contributed by atoms with Crippen LogP contribution in [0.2, 0.25) is 10.0 Å². The number of allylic oxidation sites excluding steroid dienone is 1. The first-order valence-electron chi connectivity index (χ1n) is 12.0. The Bertz CT molecular complexity index is 1500. The van der Waals surface area contributed by atoms with Crippen molar-refractivity contribution in [3.05, 3.63) is 100 Å². The predicted molar refractivity (Wildman–Crippen MR) is 147 cm³/mol. The Morgan fingerprint density at radius 2 is 1.89 bits per heavy atom. The molecular formula is C28H28Cl2N2O3S. The standard InChI is InChI=1S/C28H28Cl2N2O3S/c1-5-7-22-24(27(34)35-6-2)25(18-10-8-17(9-11-18)16(3)4)32-26(33)23(36-28(32)31-22)14-19-12-13-20(29)15-21(19)30/h8-16,25H,5-7H2,1-4H3/b23-14-/t25-/m0/s1. The zero-order valence-electron chi connectivity index (χ0n) is 20.7. The molecule has 1 aromatic heterocycles. The topological polar surface area (TPSA) is 60.7 Å². The first kappa shape index (κ1) is 26.4. The number of rotatable bonds is 7. The van der Waals surface area contributed by atoms with Crippen molar-refractivity contribution in [3.63, 3.8) is 0 Å². The minimum absolute atomic E-state index is 0.236. The Labute approximate surface area is 224 Å². The largest absolute Gasteiger partial charge is 0.463 e. The molecule has 188 valence electrons. The van der Waals surface area contributed by atoms with Gasteiger partial charge in [0.2, 0.25) is 0 Å². The van der Waals surface area contributed by atoms with Crippen molar-refractivity contribution in [2.45, 2.75) is 52.5 Å². The maximum atomic E-state index is 13.8. The van der Waals surface area contributed by atoms with Gasteiger partial charge in [-0.3, -0.25) is 9.36 Å². The lowest BCUT2D eigenvalue weighted by Crippen LogP contribution is -2.40. The molecule has 2 heterocycles. The molecule has 3 aromatic rings. The number of esters is 1. The maximum absolute atomic E-state index is 13.8. The highest BCUT2D eigenvalue weighted by molar-refractivity contribution is 7.07. The molecule has 0 N–H and O–H groups in total. The Balaban J connectivity index is 1.98. The number of hydrogen-bond donors (Lipinski definition) is 0. The van der Waals surface area contributed by atoms with Crippen LogP contribution in [0.1, 0.15) is 69.2 Å². The molecule has 0 amide bonds. The predicted octanol–water partition coefficient (Wildman–Crippen LogP) is 6.01. The fourth-order valence-electron chi connectivity index (χ4n) is 4.26. The molecule has 0 bridgehead atoms. The Morgan fingerprint density at radius 3 is 2.50 bits per heavy atom. The lowest BCUT2D eigenvalue weighted by atomic mass is 9.92. The second kappa shape index (κ2) is 11.2. The summed E-state index contributed by atoms with van der Waals surface area (Å²) < 4.78 is 7.53. The Hall–Kier alpha value is -2.67. The molecule has 0 aliphatic carbocycles. The van der Waals surface area contributed by atoms with Gasteiger partial charge in [-0.1, -0.05) is 92.1 Å². The summed E-state index contributed by atoms with van der Waals surface area (Å²) in [6.07, 6.45) is 3.15. The summed E-state index contributed by atoms with van der Waals surface area (Å²) >= 11 is 13.7. The summed E-state index contributed by atoms with van der Waals surface area (Å²) in [5, 5.41) is 0.972. The zero-order chi connectivity index (χ0) is 26.0. The Morgan fingerprint density at radius 1 is 1.17 bits per heavy atom. The smallest absolute Gasteiger partial charge is 0.338 e. The van der Waals surface area contributed by atoms with Gasteiger partial charge < -0.3 is 4.74 Å². The fourth-order valence-corrected chi connectivity index (χ4v) is 5.73. The van der Waals surface area contributed by atoms with Crippen LogP contribution in [0.4, 0.5) is 0 Å². The third-order valence-corrected chi connectivity index (χ3v) is 7.61. The van der Waals surface area contributed by atoms with Crippen molar-refractivity contribution in [1.29, 1.82) is 0 Å². The van der Waals surface area contributed by atoms with Gasteiger partial charge in [-0.2, -0.15) is 0 Å². The van der Waals surface area contributed by atoms with Crippen LogP contribution in [0, 0.1) is 0 Å². The number of halogens is 2. The molecule has 1 aliphatic rings. The number of benzene rings is 2. The van der Waals surface area contributed by atoms with E-state index in [4.69, 9.17) is 32.9 Å². The number of ether oxygens (including phenoxy) is 1. The summed E-state index contributed by atoms with van der Waals surface area (Å²) in [6, 6.07) is 12.6. The van der Waals surface area contributed by atoms with Crippen LogP contribution < -0.4 is 14.9 Å². The van der Waals surface area contributed by atoms with E-state index in [-0.39, 0.29) is 12.2 Å². The highest BCUT2D eigenvalue weighted by Gasteiger charge is 2.34. The lowest BCUT2D eigenvalue weighted by molar-refractivity contribution is -0.139. The summed E-state index contributed by atoms with van der Waals surface area (Å²) in [6.45, 7) is 8.30. The monoisotopic (exact) mass is 542 g/mol. The van der Waals surface area contributed by atoms with E-state index in [0.717, 1.165) is 12.0 Å². The molecular weight excluding hydrogens is 515 g/mol. The first-order chi connectivity index (χ1) is 17.2. The first-order valence-corrected chi connectivity index (χ1v) is 13.6. The number of nitrogens with zero attached hydrogens (tertiary/aromatic N) is 2. The average Bonchev–Trinajstić information content (AvgIpc) is 3.15. The van der Waals surface area contributed by atoms with Crippen molar-refractivity contribution in [2.75, 3.05) is 6.61 Å². The van der Waals surface area contributed by atoms with Gasteiger partial charge >= 0.3 is 5.97 Å². The van der Waals surface area contributed by atoms with Crippen LogP contribution >= 0.6 is 34.5 Å². The van der Waals surface area contributed by atoms with Gasteiger partial charge in [-0.25, -0.2) is 9.79 Å². The average molecular weight is 544 g/mol. The molecule has 1 atom stereocenters. The van der Waals surface area contributed by atoms with Crippen LogP contribution in [0.25, 0.3) is 6.08 Å². The number of carbonyl (C=O) groups excluding carboxylic acids is 1. The van der Waals surface area contributed by atoms with Gasteiger partial charge in [0.1, 0.15) is 0 Å². The summed E-state index contributed by atoms with van der Waals surface area (Å²) in [5.74, 6) is -0.0847. The highest BCUT2D eigenvalue weighted by Crippen LogP contribution is 2.33. The van der Waals surface area contributed by atoms with Crippen LogP contribution in [0.5, 0.6) is 0 Å². The number of fused-ring (bicyclic) bond motifs is 1. The Kier molecular flexibility index (Phi) is 8.18. The third-order valence-electron chi connectivity index (χ3n) is 6.06. The van der Waals surface area contributed by atoms with Gasteiger partial charge in [-0.05, 0) is 54.2 Å². The zero-order valence-corrected chi connectivity index (χ0v) is 23.0. The van der Waals surface area contributed by atoms with E-state index in [1.807, 2.05) is 31.2 Å². The quantitative estimate of drug-likeness (QED) is 0.343. The molecule has 2 aromatic carbocycles. The van der Waals surface area contributed by atoms with Crippen LogP contribution in [0.3, 0.4) is 0 Å². The minimum Gasteiger partial charge on any atom is -0.463 e. The van der Waals surface area contributed by atoms with E-state index in [9.17, 15) is 9.59 Å². The summed E-state index contributed by atoms with van der Waals surface area (Å²) in [7, 11) is 0. The van der Waals surface area contributed by atoms with E-state index in [0.29, 0.717) is 48.6 Å². The molecule has 36 heavy (non-hydrogen) atoms. The van der Waals surface area contributed by atoms with E-state index >= 15 is 0 Å². The van der Waals surface area contributed by atoms with E-state index in [1.54, 1.807) is 35.8 Å². The minimum atomic E-state index is -0.633. The van der Waals surface area contributed by atoms with Gasteiger partial charge in [0.05, 0.1) is 28.5 Å². The second-order valence-electron chi connectivity index (χ2n) is 8.90. The number of hydrogen-bond acceptors (Lipinski definition) is 5. The second-order valence-corrected chi connectivity index (χ2v) is 10.8. The van der Waals surface area contributed by atoms with E-state index < -0.39 is 12.0 Å².